The zero-order valence-corrected chi connectivity index (χ0v) is 38.1. The largest absolute Gasteiger partial charge is 0.456 e. The number of hydrogen-bond acceptors (Lipinski definition) is 2. The fraction of sp³-hybridized carbons (Fsp3) is 0.0149. The van der Waals surface area contributed by atoms with Crippen molar-refractivity contribution in [2.45, 2.75) is 5.41 Å². The smallest absolute Gasteiger partial charge is 0.135 e. The molecule has 1 spiro atoms. The Kier molecular flexibility index (Phi) is 8.28. The summed E-state index contributed by atoms with van der Waals surface area (Å²) in [6.45, 7) is 0. The summed E-state index contributed by atoms with van der Waals surface area (Å²) in [5, 5.41) is 4.80. The first-order valence-corrected chi connectivity index (χ1v) is 24.2. The number of anilines is 3. The Balaban J connectivity index is 0.974. The molecule has 13 aromatic rings. The molecular formula is C67H42N2O. The molecule has 70 heavy (non-hydrogen) atoms. The van der Waals surface area contributed by atoms with Crippen LogP contribution in [-0.4, -0.2) is 4.57 Å². The van der Waals surface area contributed by atoms with Crippen LogP contribution in [0.1, 0.15) is 22.3 Å². The Morgan fingerprint density at radius 3 is 1.79 bits per heavy atom. The van der Waals surface area contributed by atoms with E-state index in [4.69, 9.17) is 4.42 Å². The van der Waals surface area contributed by atoms with Gasteiger partial charge in [-0.3, -0.25) is 0 Å². The molecule has 3 nitrogen and oxygen atoms in total. The number of hydrogen-bond donors (Lipinski definition) is 0. The molecule has 0 N–H and O–H groups in total. The Labute approximate surface area is 405 Å². The molecule has 3 heterocycles. The molecule has 0 saturated carbocycles. The average Bonchev–Trinajstić information content (AvgIpc) is 4.08. The van der Waals surface area contributed by atoms with Crippen LogP contribution in [0.15, 0.2) is 259 Å². The number of rotatable bonds is 6. The van der Waals surface area contributed by atoms with Crippen molar-refractivity contribution in [2.75, 3.05) is 4.90 Å². The van der Waals surface area contributed by atoms with Gasteiger partial charge in [0.15, 0.2) is 0 Å². The van der Waals surface area contributed by atoms with Gasteiger partial charge < -0.3 is 13.9 Å². The number of benzene rings is 11. The summed E-state index contributed by atoms with van der Waals surface area (Å²) in [4.78, 5) is 2.51. The van der Waals surface area contributed by atoms with Crippen LogP contribution in [0.25, 0.3) is 93.9 Å². The number of aromatic nitrogens is 1. The second kappa shape index (κ2) is 14.9. The molecule has 1 atom stereocenters. The van der Waals surface area contributed by atoms with Crippen LogP contribution in [0.2, 0.25) is 0 Å². The standard InChI is InChI=1S/C67H42N2O/c1-2-16-43(17-3-1)44-32-34-46(35-33-44)49-18-5-10-27-59(49)68(48-39-36-45(37-40-48)47-38-41-64-54(42-47)51-20-7-13-31-63(51)70-64)62-30-15-25-57-65(62)53-21-4-8-23-55(53)67(57)56-24-9-12-29-61(56)69-60-28-11-6-19-50(60)52-22-14-26-58(67)66(52)69/h1-42H. The minimum Gasteiger partial charge on any atom is -0.456 e. The SMILES string of the molecule is c1ccc(-c2ccc(-c3ccccc3N(c3ccc(-c4ccc5oc6ccccc6c5c4)cc3)c3cccc4c3-c3ccccc3C43c4ccccc4-n4c5ccccc5c5cccc3c54)cc2)cc1. The predicted octanol–water partition coefficient (Wildman–Crippen LogP) is 17.8. The number of furan rings is 1. The highest BCUT2D eigenvalue weighted by atomic mass is 16.3. The third-order valence-electron chi connectivity index (χ3n) is 15.2. The number of nitrogens with zero attached hydrogens (tertiary/aromatic N) is 2. The molecule has 0 amide bonds. The Hall–Kier alpha value is -9.18. The van der Waals surface area contributed by atoms with Gasteiger partial charge in [0, 0.05) is 38.4 Å². The zero-order chi connectivity index (χ0) is 45.9. The van der Waals surface area contributed by atoms with E-state index in [1.807, 2.05) is 12.1 Å². The highest BCUT2D eigenvalue weighted by Crippen LogP contribution is 2.63. The molecule has 2 aliphatic rings. The van der Waals surface area contributed by atoms with Crippen LogP contribution < -0.4 is 4.90 Å². The van der Waals surface area contributed by atoms with Gasteiger partial charge in [-0.2, -0.15) is 0 Å². The van der Waals surface area contributed by atoms with Gasteiger partial charge in [0.2, 0.25) is 0 Å². The maximum absolute atomic E-state index is 6.23. The van der Waals surface area contributed by atoms with E-state index in [2.05, 4.69) is 252 Å². The van der Waals surface area contributed by atoms with Crippen molar-refractivity contribution in [3.05, 3.63) is 277 Å². The van der Waals surface area contributed by atoms with Crippen LogP contribution in [0, 0.1) is 0 Å². The molecule has 3 heteroatoms. The van der Waals surface area contributed by atoms with E-state index >= 15 is 0 Å². The fourth-order valence-electron chi connectivity index (χ4n) is 12.3. The first kappa shape index (κ1) is 38.9. The second-order valence-electron chi connectivity index (χ2n) is 18.7. The Morgan fingerprint density at radius 2 is 0.914 bits per heavy atom. The van der Waals surface area contributed by atoms with Crippen LogP contribution >= 0.6 is 0 Å². The van der Waals surface area contributed by atoms with Crippen LogP contribution in [0.3, 0.4) is 0 Å². The van der Waals surface area contributed by atoms with Crippen molar-refractivity contribution in [3.8, 4) is 50.2 Å². The summed E-state index contributed by atoms with van der Waals surface area (Å²) in [5.41, 5.74) is 22.9. The summed E-state index contributed by atoms with van der Waals surface area (Å²) in [5.74, 6) is 0. The lowest BCUT2D eigenvalue weighted by atomic mass is 9.65. The third kappa shape index (κ3) is 5.40. The molecule has 1 unspecified atom stereocenters. The molecule has 15 rings (SSSR count). The van der Waals surface area contributed by atoms with Crippen molar-refractivity contribution >= 4 is 60.8 Å². The summed E-state index contributed by atoms with van der Waals surface area (Å²) in [7, 11) is 0. The van der Waals surface area contributed by atoms with Gasteiger partial charge in [-0.15, -0.1) is 0 Å². The van der Waals surface area contributed by atoms with Crippen LogP contribution in [0.5, 0.6) is 0 Å². The molecule has 0 saturated heterocycles. The molecule has 0 radical (unpaired) electrons. The van der Waals surface area contributed by atoms with Crippen LogP contribution in [-0.2, 0) is 5.41 Å². The summed E-state index contributed by atoms with van der Waals surface area (Å²) >= 11 is 0. The van der Waals surface area contributed by atoms with Crippen molar-refractivity contribution in [1.29, 1.82) is 0 Å². The van der Waals surface area contributed by atoms with Gasteiger partial charge in [0.05, 0.1) is 33.5 Å². The Bertz CT molecular complexity index is 4240. The normalized spacial score (nSPS) is 14.3. The molecule has 0 fully saturated rings. The molecule has 0 bridgehead atoms. The maximum Gasteiger partial charge on any atom is 0.135 e. The minimum absolute atomic E-state index is 0.583. The molecule has 2 aromatic heterocycles. The van der Waals surface area contributed by atoms with Crippen molar-refractivity contribution in [3.63, 3.8) is 0 Å². The minimum atomic E-state index is -0.583. The number of para-hydroxylation sites is 5. The van der Waals surface area contributed by atoms with Gasteiger partial charge in [-0.1, -0.05) is 200 Å². The highest BCUT2D eigenvalue weighted by Gasteiger charge is 2.51. The van der Waals surface area contributed by atoms with E-state index in [-0.39, 0.29) is 0 Å². The van der Waals surface area contributed by atoms with E-state index in [1.165, 1.54) is 72.0 Å². The zero-order valence-electron chi connectivity index (χ0n) is 38.1. The van der Waals surface area contributed by atoms with Crippen molar-refractivity contribution in [2.24, 2.45) is 0 Å². The van der Waals surface area contributed by atoms with E-state index in [1.54, 1.807) is 0 Å². The van der Waals surface area contributed by atoms with E-state index < -0.39 is 5.41 Å². The first-order valence-electron chi connectivity index (χ1n) is 24.2. The fourth-order valence-corrected chi connectivity index (χ4v) is 12.3. The van der Waals surface area contributed by atoms with Gasteiger partial charge in [0.1, 0.15) is 11.2 Å². The number of fused-ring (bicyclic) bond motifs is 15. The maximum atomic E-state index is 6.23. The van der Waals surface area contributed by atoms with Crippen LogP contribution in [0.4, 0.5) is 17.1 Å². The lowest BCUT2D eigenvalue weighted by molar-refractivity contribution is 0.669. The van der Waals surface area contributed by atoms with E-state index in [9.17, 15) is 0 Å². The first-order chi connectivity index (χ1) is 34.7. The summed E-state index contributed by atoms with van der Waals surface area (Å²) < 4.78 is 8.75. The van der Waals surface area contributed by atoms with Gasteiger partial charge >= 0.3 is 0 Å². The lowest BCUT2D eigenvalue weighted by Gasteiger charge is -2.39. The molecule has 11 aromatic carbocycles. The topological polar surface area (TPSA) is 21.3 Å². The quantitative estimate of drug-likeness (QED) is 0.166. The predicted molar refractivity (Wildman–Crippen MR) is 290 cm³/mol. The summed E-state index contributed by atoms with van der Waals surface area (Å²) in [6, 6.07) is 93.8. The molecular weight excluding hydrogens is 849 g/mol. The molecule has 1 aliphatic heterocycles. The third-order valence-corrected chi connectivity index (χ3v) is 15.2. The average molecular weight is 891 g/mol. The monoisotopic (exact) mass is 890 g/mol. The van der Waals surface area contributed by atoms with E-state index in [0.29, 0.717) is 0 Å². The highest BCUT2D eigenvalue weighted by molar-refractivity contribution is 6.13. The second-order valence-corrected chi connectivity index (χ2v) is 18.7. The Morgan fingerprint density at radius 1 is 0.343 bits per heavy atom. The van der Waals surface area contributed by atoms with E-state index in [0.717, 1.165) is 61.3 Å². The molecule has 1 aliphatic carbocycles. The lowest BCUT2D eigenvalue weighted by Crippen LogP contribution is -2.33. The molecule has 326 valence electrons. The van der Waals surface area contributed by atoms with Gasteiger partial charge in [0.25, 0.3) is 0 Å². The van der Waals surface area contributed by atoms with Crippen molar-refractivity contribution < 1.29 is 4.42 Å². The van der Waals surface area contributed by atoms with Crippen molar-refractivity contribution in [1.82, 2.24) is 4.57 Å². The van der Waals surface area contributed by atoms with Gasteiger partial charge in [-0.05, 0) is 110 Å². The van der Waals surface area contributed by atoms with Gasteiger partial charge in [-0.25, -0.2) is 0 Å². The summed E-state index contributed by atoms with van der Waals surface area (Å²) in [6.07, 6.45) is 0.